The molecule has 0 spiro atoms. The number of hydrogen-bond donors (Lipinski definition) is 1. The molecule has 0 saturated carbocycles. The normalized spacial score (nSPS) is 12.2. The second-order valence-electron chi connectivity index (χ2n) is 9.16. The minimum Gasteiger partial charge on any atom is -0.492 e. The van der Waals surface area contributed by atoms with E-state index in [0.717, 1.165) is 49.8 Å². The van der Waals surface area contributed by atoms with Gasteiger partial charge in [-0.1, -0.05) is 84.9 Å². The third-order valence-electron chi connectivity index (χ3n) is 7.29. The van der Waals surface area contributed by atoms with Crippen LogP contribution in [0.15, 0.2) is 97.3 Å². The summed E-state index contributed by atoms with van der Waals surface area (Å²) in [6.07, 6.45) is 6.06. The molecule has 1 aromatic heterocycles. The number of ether oxygens (including phenoxy) is 2. The first-order valence-corrected chi connectivity index (χ1v) is 12.3. The maximum absolute atomic E-state index is 6.04. The Kier molecular flexibility index (Phi) is 4.86. The summed E-state index contributed by atoms with van der Waals surface area (Å²) in [5.74, 6) is 1.32. The van der Waals surface area contributed by atoms with Crippen molar-refractivity contribution in [2.45, 2.75) is 0 Å². The van der Waals surface area contributed by atoms with Crippen LogP contribution in [0, 0.1) is 0 Å². The van der Waals surface area contributed by atoms with Crippen LogP contribution in [0.2, 0.25) is 0 Å². The zero-order valence-corrected chi connectivity index (χ0v) is 20.6. The molecule has 6 aromatic rings. The van der Waals surface area contributed by atoms with Gasteiger partial charge in [-0.25, -0.2) is 0 Å². The molecule has 37 heavy (non-hydrogen) atoms. The fraction of sp³-hybridized carbons (Fsp3) is 0.0606. The molecule has 1 N–H and O–H groups in total. The van der Waals surface area contributed by atoms with Gasteiger partial charge in [0.25, 0.3) is 0 Å². The summed E-state index contributed by atoms with van der Waals surface area (Å²) < 4.78 is 12.0. The average molecular weight is 481 g/mol. The first kappa shape index (κ1) is 21.5. The molecule has 0 radical (unpaired) electrons. The molecule has 4 nitrogen and oxygen atoms in total. The Bertz CT molecular complexity index is 1880. The molecule has 178 valence electrons. The molecule has 0 bridgehead atoms. The smallest absolute Gasteiger partial charge is 0.187 e. The number of nitrogens with one attached hydrogen (secondary N) is 1. The number of benzene rings is 5. The molecule has 0 amide bonds. The third kappa shape index (κ3) is 3.12. The highest BCUT2D eigenvalue weighted by Crippen LogP contribution is 2.52. The van der Waals surface area contributed by atoms with Crippen molar-refractivity contribution in [3.05, 3.63) is 103 Å². The van der Waals surface area contributed by atoms with Crippen LogP contribution in [0.5, 0.6) is 11.5 Å². The van der Waals surface area contributed by atoms with E-state index in [2.05, 4.69) is 96.3 Å². The van der Waals surface area contributed by atoms with E-state index in [1.807, 2.05) is 12.4 Å². The molecule has 0 fully saturated rings. The molecule has 0 atom stereocenters. The number of aromatic nitrogens is 1. The van der Waals surface area contributed by atoms with E-state index < -0.39 is 0 Å². The van der Waals surface area contributed by atoms with Crippen molar-refractivity contribution in [1.29, 1.82) is 0 Å². The summed E-state index contributed by atoms with van der Waals surface area (Å²) in [5.41, 5.74) is 7.13. The van der Waals surface area contributed by atoms with Gasteiger partial charge >= 0.3 is 0 Å². The van der Waals surface area contributed by atoms with Crippen molar-refractivity contribution in [3.8, 4) is 33.8 Å². The quantitative estimate of drug-likeness (QED) is 0.276. The van der Waals surface area contributed by atoms with Gasteiger partial charge in [0.2, 0.25) is 0 Å². The van der Waals surface area contributed by atoms with Gasteiger partial charge in [-0.15, -0.1) is 0 Å². The average Bonchev–Trinajstić information content (AvgIpc) is 2.96. The van der Waals surface area contributed by atoms with Crippen LogP contribution < -0.4 is 14.8 Å². The number of anilines is 1. The largest absolute Gasteiger partial charge is 0.492 e. The summed E-state index contributed by atoms with van der Waals surface area (Å²) in [6.45, 7) is 0. The molecule has 2 heterocycles. The molecule has 1 aliphatic heterocycles. The van der Waals surface area contributed by atoms with Crippen LogP contribution in [0.4, 0.5) is 5.69 Å². The van der Waals surface area contributed by atoms with E-state index in [9.17, 15) is 0 Å². The molecule has 4 heteroatoms. The Balaban J connectivity index is 1.63. The van der Waals surface area contributed by atoms with Gasteiger partial charge in [-0.05, 0) is 44.3 Å². The first-order chi connectivity index (χ1) is 18.3. The van der Waals surface area contributed by atoms with Crippen molar-refractivity contribution in [3.63, 3.8) is 0 Å². The van der Waals surface area contributed by atoms with Crippen molar-refractivity contribution in [2.24, 2.45) is 0 Å². The van der Waals surface area contributed by atoms with Gasteiger partial charge < -0.3 is 14.8 Å². The van der Waals surface area contributed by atoms with Gasteiger partial charge in [-0.3, -0.25) is 4.98 Å². The van der Waals surface area contributed by atoms with Crippen LogP contribution in [0.1, 0.15) is 5.56 Å². The topological polar surface area (TPSA) is 43.4 Å². The van der Waals surface area contributed by atoms with Crippen molar-refractivity contribution >= 4 is 44.2 Å². The number of fused-ring (bicyclic) bond motifs is 2. The second kappa shape index (κ2) is 8.38. The summed E-state index contributed by atoms with van der Waals surface area (Å²) in [6, 6.07) is 29.7. The monoisotopic (exact) mass is 480 g/mol. The molecule has 0 aliphatic carbocycles. The van der Waals surface area contributed by atoms with Crippen LogP contribution in [0.3, 0.4) is 0 Å². The minimum atomic E-state index is 0.631. The lowest BCUT2D eigenvalue weighted by molar-refractivity contribution is 0.359. The lowest BCUT2D eigenvalue weighted by Crippen LogP contribution is -2.05. The van der Waals surface area contributed by atoms with Crippen LogP contribution in [-0.2, 0) is 0 Å². The highest BCUT2D eigenvalue weighted by molar-refractivity contribution is 6.16. The van der Waals surface area contributed by atoms with Crippen molar-refractivity contribution < 1.29 is 9.47 Å². The Hall–Kier alpha value is -4.83. The van der Waals surface area contributed by atoms with E-state index in [1.165, 1.54) is 16.2 Å². The molecule has 1 aliphatic rings. The zero-order valence-electron chi connectivity index (χ0n) is 20.6. The number of pyridine rings is 1. The standard InChI is InChI=1S/C33H24N2O2/c1-36-32-28(25-16-8-12-21-10-4-6-14-23(21)25)26-17-18-34-30-27(19-35-31(29(26)30)33(32)37-2)24-15-7-11-20-9-3-5-13-22(20)24/h3-19,34H,1-2H3. The zero-order chi connectivity index (χ0) is 24.9. The van der Waals surface area contributed by atoms with E-state index >= 15 is 0 Å². The van der Waals surface area contributed by atoms with Crippen LogP contribution in [0.25, 0.3) is 60.8 Å². The molecule has 7 rings (SSSR count). The third-order valence-corrected chi connectivity index (χ3v) is 7.29. The Morgan fingerprint density at radius 3 is 1.97 bits per heavy atom. The summed E-state index contributed by atoms with van der Waals surface area (Å²) in [4.78, 5) is 4.97. The van der Waals surface area contributed by atoms with Gasteiger partial charge in [0.1, 0.15) is 5.52 Å². The Morgan fingerprint density at radius 2 is 1.27 bits per heavy atom. The highest BCUT2D eigenvalue weighted by Gasteiger charge is 2.27. The second-order valence-corrected chi connectivity index (χ2v) is 9.16. The molecular formula is C33H24N2O2. The van der Waals surface area contributed by atoms with Crippen LogP contribution in [-0.4, -0.2) is 19.2 Å². The van der Waals surface area contributed by atoms with E-state index in [4.69, 9.17) is 14.5 Å². The van der Waals surface area contributed by atoms with Gasteiger partial charge in [0.05, 0.1) is 19.9 Å². The molecule has 5 aromatic carbocycles. The first-order valence-electron chi connectivity index (χ1n) is 12.3. The van der Waals surface area contributed by atoms with Gasteiger partial charge in [0.15, 0.2) is 11.5 Å². The lowest BCUT2D eigenvalue weighted by atomic mass is 9.87. The molecular weight excluding hydrogens is 456 g/mol. The maximum atomic E-state index is 6.04. The van der Waals surface area contributed by atoms with E-state index in [1.54, 1.807) is 14.2 Å². The number of nitrogens with zero attached hydrogens (tertiary/aromatic N) is 1. The predicted molar refractivity (Wildman–Crippen MR) is 153 cm³/mol. The Morgan fingerprint density at radius 1 is 0.649 bits per heavy atom. The van der Waals surface area contributed by atoms with E-state index in [-0.39, 0.29) is 0 Å². The fourth-order valence-electron chi connectivity index (χ4n) is 5.70. The SMILES string of the molecule is COc1c(-c2cccc3ccccc23)c2c3c(c(-c4cccc5ccccc45)cnc3c1OC)NC=C2. The highest BCUT2D eigenvalue weighted by atomic mass is 16.5. The predicted octanol–water partition coefficient (Wildman–Crippen LogP) is 8.29. The summed E-state index contributed by atoms with van der Waals surface area (Å²) in [7, 11) is 3.38. The summed E-state index contributed by atoms with van der Waals surface area (Å²) >= 11 is 0. The number of methoxy groups -OCH3 is 2. The minimum absolute atomic E-state index is 0.631. The molecule has 0 unspecified atom stereocenters. The van der Waals surface area contributed by atoms with E-state index in [0.29, 0.717) is 11.5 Å². The van der Waals surface area contributed by atoms with Crippen molar-refractivity contribution in [2.75, 3.05) is 19.5 Å². The Labute approximate surface area is 214 Å². The maximum Gasteiger partial charge on any atom is 0.187 e. The number of hydrogen-bond acceptors (Lipinski definition) is 4. The summed E-state index contributed by atoms with van der Waals surface area (Å²) in [5, 5.41) is 9.29. The fourth-order valence-corrected chi connectivity index (χ4v) is 5.70. The lowest BCUT2D eigenvalue weighted by Gasteiger charge is -2.25. The van der Waals surface area contributed by atoms with Gasteiger partial charge in [-0.2, -0.15) is 0 Å². The number of rotatable bonds is 4. The van der Waals surface area contributed by atoms with Gasteiger partial charge in [0, 0.05) is 28.9 Å². The van der Waals surface area contributed by atoms with Crippen molar-refractivity contribution in [1.82, 2.24) is 4.98 Å². The van der Waals surface area contributed by atoms with Crippen LogP contribution >= 0.6 is 0 Å². The molecule has 0 saturated heterocycles.